The van der Waals surface area contributed by atoms with E-state index in [-0.39, 0.29) is 6.61 Å². The predicted octanol–water partition coefficient (Wildman–Crippen LogP) is -2.49. The van der Waals surface area contributed by atoms with Crippen molar-refractivity contribution in [1.82, 2.24) is 0 Å². The summed E-state index contributed by atoms with van der Waals surface area (Å²) < 4.78 is 27.4. The quantitative estimate of drug-likeness (QED) is 0.109. The van der Waals surface area contributed by atoms with Gasteiger partial charge in [0.15, 0.2) is 12.6 Å². The molecule has 11 atom stereocenters. The average Bonchev–Trinajstić information content (AvgIpc) is 2.93. The first kappa shape index (κ1) is 34.0. The van der Waals surface area contributed by atoms with Gasteiger partial charge in [0.1, 0.15) is 55.4 Å². The molecule has 0 aromatic heterocycles. The summed E-state index contributed by atoms with van der Waals surface area (Å²) in [5.41, 5.74) is -1.04. The van der Waals surface area contributed by atoms with E-state index in [4.69, 9.17) is 28.8 Å². The smallest absolute Gasteiger partial charge is 0.308 e. The Labute approximate surface area is 241 Å². The van der Waals surface area contributed by atoms with Crippen molar-refractivity contribution >= 4 is 18.0 Å². The van der Waals surface area contributed by atoms with E-state index in [0.717, 1.165) is 12.5 Å². The number of hydrogen-bond acceptors (Lipinski definition) is 14. The third-order valence-corrected chi connectivity index (χ3v) is 6.71. The van der Waals surface area contributed by atoms with Gasteiger partial charge in [-0.2, -0.15) is 0 Å². The van der Waals surface area contributed by atoms with Crippen LogP contribution in [0.2, 0.25) is 0 Å². The fourth-order valence-electron chi connectivity index (χ4n) is 4.50. The van der Waals surface area contributed by atoms with Gasteiger partial charge in [-0.25, -0.2) is 0 Å². The largest absolute Gasteiger partial charge is 0.481 e. The highest BCUT2D eigenvalue weighted by molar-refractivity contribution is 5.73. The van der Waals surface area contributed by atoms with Gasteiger partial charge in [-0.1, -0.05) is 42.5 Å². The van der Waals surface area contributed by atoms with Crippen LogP contribution in [0.1, 0.15) is 25.3 Å². The highest BCUT2D eigenvalue weighted by Gasteiger charge is 2.51. The Hall–Kier alpha value is -2.54. The zero-order chi connectivity index (χ0) is 31.0. The van der Waals surface area contributed by atoms with E-state index in [1.807, 2.05) is 30.3 Å². The number of benzene rings is 1. The van der Waals surface area contributed by atoms with Crippen molar-refractivity contribution in [3.8, 4) is 0 Å². The van der Waals surface area contributed by atoms with Crippen LogP contribution in [-0.4, -0.2) is 140 Å². The Morgan fingerprint density at radius 2 is 1.55 bits per heavy atom. The van der Waals surface area contributed by atoms with E-state index in [1.165, 1.54) is 0 Å². The van der Waals surface area contributed by atoms with Crippen LogP contribution in [-0.2, 0) is 33.3 Å². The molecular weight excluding hydrogens is 564 g/mol. The zero-order valence-corrected chi connectivity index (χ0v) is 22.8. The number of aliphatic carboxylic acids is 1. The minimum Gasteiger partial charge on any atom is -0.481 e. The van der Waals surface area contributed by atoms with Gasteiger partial charge in [-0.15, -0.1) is 0 Å². The lowest BCUT2D eigenvalue weighted by Gasteiger charge is -2.46. The monoisotopic (exact) mass is 602 g/mol. The van der Waals surface area contributed by atoms with E-state index in [1.54, 1.807) is 12.2 Å². The summed E-state index contributed by atoms with van der Waals surface area (Å²) in [6.07, 6.45) is -14.3. The first-order valence-corrected chi connectivity index (χ1v) is 13.2. The second-order valence-corrected chi connectivity index (χ2v) is 10.4. The van der Waals surface area contributed by atoms with Crippen molar-refractivity contribution in [2.75, 3.05) is 19.8 Å². The van der Waals surface area contributed by atoms with Gasteiger partial charge >= 0.3 is 11.9 Å². The molecule has 15 heteroatoms. The van der Waals surface area contributed by atoms with Crippen LogP contribution in [0, 0.1) is 0 Å². The first-order chi connectivity index (χ1) is 19.8. The summed E-state index contributed by atoms with van der Waals surface area (Å²) in [7, 11) is 0. The molecule has 0 unspecified atom stereocenters. The molecule has 236 valence electrons. The summed E-state index contributed by atoms with van der Waals surface area (Å²) in [6, 6.07) is 9.24. The van der Waals surface area contributed by atoms with Crippen molar-refractivity contribution in [2.24, 2.45) is 0 Å². The van der Waals surface area contributed by atoms with Crippen LogP contribution < -0.4 is 0 Å². The summed E-state index contributed by atoms with van der Waals surface area (Å²) in [5, 5.41) is 80.7. The molecule has 2 saturated heterocycles. The molecular formula is C27H38O15. The van der Waals surface area contributed by atoms with Gasteiger partial charge in [0.05, 0.1) is 31.7 Å². The molecule has 0 saturated carbocycles. The number of carboxylic acids is 1. The number of carbonyl (C=O) groups is 2. The van der Waals surface area contributed by atoms with Crippen LogP contribution in [0.15, 0.2) is 36.4 Å². The van der Waals surface area contributed by atoms with E-state index in [2.05, 4.69) is 0 Å². The van der Waals surface area contributed by atoms with Crippen molar-refractivity contribution in [3.63, 3.8) is 0 Å². The molecule has 2 heterocycles. The number of carbonyl (C=O) groups excluding carboxylic acids is 1. The minimum atomic E-state index is -1.92. The number of ether oxygens (including phenoxy) is 5. The number of aliphatic hydroxyl groups is 7. The van der Waals surface area contributed by atoms with Crippen LogP contribution in [0.4, 0.5) is 0 Å². The maximum absolute atomic E-state index is 12.4. The molecule has 2 aliphatic rings. The van der Waals surface area contributed by atoms with E-state index in [9.17, 15) is 45.3 Å². The Kier molecular flexibility index (Phi) is 12.3. The molecule has 3 rings (SSSR count). The lowest BCUT2D eigenvalue weighted by molar-refractivity contribution is -0.358. The molecule has 0 radical (unpaired) electrons. The molecule has 2 fully saturated rings. The van der Waals surface area contributed by atoms with Gasteiger partial charge < -0.3 is 64.5 Å². The van der Waals surface area contributed by atoms with Gasteiger partial charge in [0, 0.05) is 0 Å². The maximum atomic E-state index is 12.4. The summed E-state index contributed by atoms with van der Waals surface area (Å²) >= 11 is 0. The Morgan fingerprint density at radius 1 is 0.905 bits per heavy atom. The van der Waals surface area contributed by atoms with Crippen LogP contribution in [0.25, 0.3) is 6.08 Å². The number of rotatable bonds is 13. The number of carboxylic acid groups (broad SMARTS) is 1. The van der Waals surface area contributed by atoms with Crippen molar-refractivity contribution in [3.05, 3.63) is 42.0 Å². The van der Waals surface area contributed by atoms with Crippen molar-refractivity contribution in [1.29, 1.82) is 0 Å². The molecule has 0 aliphatic carbocycles. The molecule has 15 nitrogen and oxygen atoms in total. The third kappa shape index (κ3) is 9.23. The van der Waals surface area contributed by atoms with Gasteiger partial charge in [-0.05, 0) is 12.5 Å². The fraction of sp³-hybridized carbons (Fsp3) is 0.630. The second-order valence-electron chi connectivity index (χ2n) is 10.4. The number of esters is 1. The lowest BCUT2D eigenvalue weighted by Crippen LogP contribution is -2.64. The molecule has 1 aromatic carbocycles. The molecule has 1 aromatic rings. The second kappa shape index (κ2) is 15.3. The van der Waals surface area contributed by atoms with Gasteiger partial charge in [-0.3, -0.25) is 9.59 Å². The van der Waals surface area contributed by atoms with Crippen molar-refractivity contribution < 1.29 is 74.1 Å². The number of aliphatic hydroxyl groups excluding tert-OH is 6. The maximum Gasteiger partial charge on any atom is 0.308 e. The summed E-state index contributed by atoms with van der Waals surface area (Å²) in [6.45, 7) is -0.321. The summed E-state index contributed by atoms with van der Waals surface area (Å²) in [5.74, 6) is -2.35. The molecule has 42 heavy (non-hydrogen) atoms. The van der Waals surface area contributed by atoms with E-state index < -0.39 is 105 Å². The Balaban J connectivity index is 1.72. The Morgan fingerprint density at radius 3 is 2.19 bits per heavy atom. The SMILES string of the molecule is C[C@](O)(CC(=O)O)CC(=O)OC[C@@H]1O[C@H](OC/C=C/c2ccccc2)[C@@H](O)[C@H](O)[C@H]1O[C@@H]1O[C@H](CO)[C@@H](O)[C@H](O)[C@@H]1O. The predicted molar refractivity (Wildman–Crippen MR) is 139 cm³/mol. The number of hydrogen-bond donors (Lipinski definition) is 8. The van der Waals surface area contributed by atoms with E-state index >= 15 is 0 Å². The van der Waals surface area contributed by atoms with E-state index in [0.29, 0.717) is 0 Å². The highest BCUT2D eigenvalue weighted by atomic mass is 16.7. The Bertz CT molecular complexity index is 1030. The summed E-state index contributed by atoms with van der Waals surface area (Å²) in [4.78, 5) is 23.3. The van der Waals surface area contributed by atoms with Crippen LogP contribution in [0.3, 0.4) is 0 Å². The topological polar surface area (TPSA) is 242 Å². The molecule has 0 bridgehead atoms. The van der Waals surface area contributed by atoms with Gasteiger partial charge in [0.25, 0.3) is 0 Å². The fourth-order valence-corrected chi connectivity index (χ4v) is 4.50. The standard InChI is InChI=1S/C27H38O15/c1-27(37,10-17(29)30)11-18(31)39-13-16-24(42-26-22(35)20(33)19(32)15(12-28)40-26)21(34)23(36)25(41-16)38-9-5-8-14-6-3-2-4-7-14/h2-8,15-16,19-26,28,32-37H,9-13H2,1H3,(H,29,30)/b8-5+/t15-,16+,19-,20+,21+,22+,23+,24+,25+,26+,27+/m1/s1. The minimum absolute atomic E-state index is 0.0634. The highest BCUT2D eigenvalue weighted by Crippen LogP contribution is 2.30. The van der Waals surface area contributed by atoms with Crippen molar-refractivity contribution in [2.45, 2.75) is 86.8 Å². The molecule has 0 spiro atoms. The van der Waals surface area contributed by atoms with Gasteiger partial charge in [0.2, 0.25) is 0 Å². The lowest BCUT2D eigenvalue weighted by atomic mass is 9.97. The molecule has 8 N–H and O–H groups in total. The van der Waals surface area contributed by atoms with Crippen LogP contribution in [0.5, 0.6) is 0 Å². The average molecular weight is 603 g/mol. The van der Waals surface area contributed by atoms with Crippen LogP contribution >= 0.6 is 0 Å². The zero-order valence-electron chi connectivity index (χ0n) is 22.8. The third-order valence-electron chi connectivity index (χ3n) is 6.71. The molecule has 0 amide bonds. The molecule has 2 aliphatic heterocycles. The normalized spacial score (nSPS) is 35.0. The first-order valence-electron chi connectivity index (χ1n) is 13.2.